The molecule has 2 atom stereocenters. The SMILES string of the molecule is O=S(=O)(C1NC=CN2CC=CC12)C(F)(F)F. The maximum Gasteiger partial charge on any atom is 0.499 e. The lowest BCUT2D eigenvalue weighted by Crippen LogP contribution is -2.54. The van der Waals surface area contributed by atoms with Crippen molar-refractivity contribution in [1.29, 1.82) is 0 Å². The van der Waals surface area contributed by atoms with Crippen LogP contribution >= 0.6 is 0 Å². The van der Waals surface area contributed by atoms with E-state index in [1.54, 1.807) is 6.08 Å². The molecule has 16 heavy (non-hydrogen) atoms. The van der Waals surface area contributed by atoms with Crippen LogP contribution in [-0.4, -0.2) is 36.8 Å². The number of sulfone groups is 1. The van der Waals surface area contributed by atoms with Crippen LogP contribution in [0.15, 0.2) is 24.6 Å². The number of halogens is 3. The molecule has 2 aliphatic rings. The minimum absolute atomic E-state index is 0.423. The van der Waals surface area contributed by atoms with Crippen molar-refractivity contribution in [2.45, 2.75) is 16.9 Å². The van der Waals surface area contributed by atoms with E-state index in [0.717, 1.165) is 0 Å². The van der Waals surface area contributed by atoms with E-state index in [9.17, 15) is 21.6 Å². The fraction of sp³-hybridized carbons (Fsp3) is 0.500. The summed E-state index contributed by atoms with van der Waals surface area (Å²) in [6, 6.07) is -0.795. The zero-order valence-corrected chi connectivity index (χ0v) is 8.79. The van der Waals surface area contributed by atoms with E-state index in [4.69, 9.17) is 0 Å². The van der Waals surface area contributed by atoms with E-state index in [0.29, 0.717) is 6.54 Å². The third-order valence-corrected chi connectivity index (χ3v) is 4.25. The summed E-state index contributed by atoms with van der Waals surface area (Å²) in [5.41, 5.74) is -5.24. The van der Waals surface area contributed by atoms with Gasteiger partial charge in [-0.2, -0.15) is 13.2 Å². The molecule has 0 aromatic rings. The summed E-state index contributed by atoms with van der Waals surface area (Å²) in [6.07, 6.45) is 5.86. The largest absolute Gasteiger partial charge is 0.499 e. The summed E-state index contributed by atoms with van der Waals surface area (Å²) >= 11 is 0. The summed E-state index contributed by atoms with van der Waals surface area (Å²) in [7, 11) is -5.21. The van der Waals surface area contributed by atoms with Crippen LogP contribution in [0.2, 0.25) is 0 Å². The molecule has 0 bridgehead atoms. The van der Waals surface area contributed by atoms with Gasteiger partial charge in [0.2, 0.25) is 0 Å². The van der Waals surface area contributed by atoms with Gasteiger partial charge in [-0.1, -0.05) is 12.2 Å². The Bertz CT molecular complexity index is 441. The Kier molecular flexibility index (Phi) is 2.41. The molecule has 2 unspecified atom stereocenters. The maximum atomic E-state index is 12.4. The van der Waals surface area contributed by atoms with Gasteiger partial charge >= 0.3 is 5.51 Å². The van der Waals surface area contributed by atoms with Crippen molar-refractivity contribution in [3.63, 3.8) is 0 Å². The molecule has 1 N–H and O–H groups in total. The second kappa shape index (κ2) is 3.41. The number of hydrogen-bond donors (Lipinski definition) is 1. The van der Waals surface area contributed by atoms with Gasteiger partial charge in [0.05, 0.1) is 6.04 Å². The lowest BCUT2D eigenvalue weighted by molar-refractivity contribution is -0.0452. The van der Waals surface area contributed by atoms with Gasteiger partial charge in [0.15, 0.2) is 5.37 Å². The lowest BCUT2D eigenvalue weighted by Gasteiger charge is -2.34. The summed E-state index contributed by atoms with van der Waals surface area (Å²) < 4.78 is 59.7. The van der Waals surface area contributed by atoms with Gasteiger partial charge in [0.25, 0.3) is 9.84 Å². The van der Waals surface area contributed by atoms with Crippen LogP contribution in [0, 0.1) is 0 Å². The first-order chi connectivity index (χ1) is 7.34. The number of alkyl halides is 3. The van der Waals surface area contributed by atoms with Crippen LogP contribution in [0.5, 0.6) is 0 Å². The maximum absolute atomic E-state index is 12.4. The van der Waals surface area contributed by atoms with Crippen molar-refractivity contribution >= 4 is 9.84 Å². The van der Waals surface area contributed by atoms with E-state index in [1.807, 2.05) is 0 Å². The first-order valence-corrected chi connectivity index (χ1v) is 6.04. The molecule has 0 saturated carbocycles. The smallest absolute Gasteiger partial charge is 0.372 e. The van der Waals surface area contributed by atoms with Gasteiger partial charge in [-0.25, -0.2) is 8.42 Å². The second-order valence-corrected chi connectivity index (χ2v) is 5.57. The van der Waals surface area contributed by atoms with E-state index in [2.05, 4.69) is 5.32 Å². The summed E-state index contributed by atoms with van der Waals surface area (Å²) in [5.74, 6) is 0. The van der Waals surface area contributed by atoms with Crippen LogP contribution in [-0.2, 0) is 9.84 Å². The molecule has 0 aromatic carbocycles. The highest BCUT2D eigenvalue weighted by Gasteiger charge is 2.54. The van der Waals surface area contributed by atoms with Crippen LogP contribution < -0.4 is 5.32 Å². The van der Waals surface area contributed by atoms with Gasteiger partial charge in [-0.15, -0.1) is 0 Å². The normalized spacial score (nSPS) is 29.1. The fourth-order valence-electron chi connectivity index (χ4n) is 1.74. The Morgan fingerprint density at radius 3 is 2.69 bits per heavy atom. The number of fused-ring (bicyclic) bond motifs is 1. The molecule has 0 aromatic heterocycles. The lowest BCUT2D eigenvalue weighted by atomic mass is 10.2. The van der Waals surface area contributed by atoms with Crippen LogP contribution in [0.1, 0.15) is 0 Å². The van der Waals surface area contributed by atoms with Crippen molar-refractivity contribution in [3.8, 4) is 0 Å². The number of hydrogen-bond acceptors (Lipinski definition) is 4. The number of rotatable bonds is 1. The average molecular weight is 254 g/mol. The first kappa shape index (κ1) is 11.3. The molecule has 0 aliphatic carbocycles. The molecule has 0 amide bonds. The molecule has 0 saturated heterocycles. The Hall–Kier alpha value is -1.18. The number of nitrogens with one attached hydrogen (secondary N) is 1. The molecule has 2 heterocycles. The zero-order chi connectivity index (χ0) is 12.0. The van der Waals surface area contributed by atoms with Crippen molar-refractivity contribution < 1.29 is 21.6 Å². The third kappa shape index (κ3) is 1.57. The molecule has 0 radical (unpaired) electrons. The molecule has 2 rings (SSSR count). The van der Waals surface area contributed by atoms with E-state index in [-0.39, 0.29) is 0 Å². The standard InChI is InChI=1S/C8H9F3N2O2S/c9-8(10,11)16(14,15)7-6-2-1-4-13(6)5-3-12-7/h1-3,5-7,12H,4H2. The van der Waals surface area contributed by atoms with Crippen molar-refractivity contribution in [3.05, 3.63) is 24.6 Å². The van der Waals surface area contributed by atoms with E-state index in [1.165, 1.54) is 23.4 Å². The second-order valence-electron chi connectivity index (χ2n) is 3.51. The van der Waals surface area contributed by atoms with Crippen molar-refractivity contribution in [2.75, 3.05) is 6.54 Å². The Morgan fingerprint density at radius 2 is 2.06 bits per heavy atom. The van der Waals surface area contributed by atoms with E-state index >= 15 is 0 Å². The zero-order valence-electron chi connectivity index (χ0n) is 7.98. The third-order valence-electron chi connectivity index (χ3n) is 2.53. The predicted molar refractivity (Wildman–Crippen MR) is 50.7 cm³/mol. The first-order valence-electron chi connectivity index (χ1n) is 4.49. The van der Waals surface area contributed by atoms with Gasteiger partial charge in [0.1, 0.15) is 0 Å². The quantitative estimate of drug-likeness (QED) is 0.695. The van der Waals surface area contributed by atoms with E-state index < -0.39 is 26.8 Å². The average Bonchev–Trinajstić information content (AvgIpc) is 2.62. The summed E-state index contributed by atoms with van der Waals surface area (Å²) in [4.78, 5) is 1.53. The van der Waals surface area contributed by atoms with Gasteiger partial charge in [-0.05, 0) is 0 Å². The molecule has 0 spiro atoms. The predicted octanol–water partition coefficient (Wildman–Crippen LogP) is 0.562. The highest BCUT2D eigenvalue weighted by Crippen LogP contribution is 2.31. The van der Waals surface area contributed by atoms with Gasteiger partial charge < -0.3 is 10.2 Å². The molecule has 2 aliphatic heterocycles. The topological polar surface area (TPSA) is 49.4 Å². The number of nitrogens with zero attached hydrogens (tertiary/aromatic N) is 1. The fourth-order valence-corrected chi connectivity index (χ4v) is 2.90. The Morgan fingerprint density at radius 1 is 1.38 bits per heavy atom. The highest BCUT2D eigenvalue weighted by molar-refractivity contribution is 7.92. The molecule has 4 nitrogen and oxygen atoms in total. The molecule has 8 heteroatoms. The van der Waals surface area contributed by atoms with Gasteiger partial charge in [0, 0.05) is 18.9 Å². The van der Waals surface area contributed by atoms with Crippen molar-refractivity contribution in [1.82, 2.24) is 10.2 Å². The molecular formula is C8H9F3N2O2S. The van der Waals surface area contributed by atoms with Crippen LogP contribution in [0.25, 0.3) is 0 Å². The van der Waals surface area contributed by atoms with Crippen LogP contribution in [0.3, 0.4) is 0 Å². The Balaban J connectivity index is 2.35. The monoisotopic (exact) mass is 254 g/mol. The minimum atomic E-state index is -5.24. The molecular weight excluding hydrogens is 245 g/mol. The van der Waals surface area contributed by atoms with Gasteiger partial charge in [-0.3, -0.25) is 0 Å². The summed E-state index contributed by atoms with van der Waals surface area (Å²) in [6.45, 7) is 0.423. The molecule has 0 fully saturated rings. The Labute approximate surface area is 90.3 Å². The van der Waals surface area contributed by atoms with Crippen LogP contribution in [0.4, 0.5) is 13.2 Å². The minimum Gasteiger partial charge on any atom is -0.372 e. The summed E-state index contributed by atoms with van der Waals surface area (Å²) in [5, 5.41) is 0.586. The highest BCUT2D eigenvalue weighted by atomic mass is 32.2. The van der Waals surface area contributed by atoms with Crippen molar-refractivity contribution in [2.24, 2.45) is 0 Å². The molecule has 90 valence electrons.